The molecular formula is C22H17Cl2F3N6O2. The molecule has 0 spiro atoms. The highest BCUT2D eigenvalue weighted by molar-refractivity contribution is 6.39. The summed E-state index contributed by atoms with van der Waals surface area (Å²) in [7, 11) is 0. The van der Waals surface area contributed by atoms with E-state index in [9.17, 15) is 18.0 Å². The van der Waals surface area contributed by atoms with Crippen LogP contribution >= 0.6 is 23.2 Å². The minimum absolute atomic E-state index is 0.0641. The number of carbonyl (C=O) groups is 1. The number of halogens is 5. The highest BCUT2D eigenvalue weighted by Crippen LogP contribution is 2.33. The molecule has 3 aromatic heterocycles. The number of nitrogens with one attached hydrogen (secondary N) is 3. The molecule has 3 N–H and O–H groups in total. The van der Waals surface area contributed by atoms with Crippen LogP contribution in [0.3, 0.4) is 0 Å². The number of hydrogen-bond acceptors (Lipinski definition) is 6. The van der Waals surface area contributed by atoms with Gasteiger partial charge in [0.2, 0.25) is 5.95 Å². The van der Waals surface area contributed by atoms with E-state index in [1.54, 1.807) is 13.0 Å². The molecule has 3 heterocycles. The van der Waals surface area contributed by atoms with Crippen LogP contribution in [0.2, 0.25) is 10.0 Å². The molecule has 8 nitrogen and oxygen atoms in total. The first-order valence-electron chi connectivity index (χ1n) is 10.1. The van der Waals surface area contributed by atoms with Crippen LogP contribution in [0, 0.1) is 6.92 Å². The maximum absolute atomic E-state index is 13.1. The predicted molar refractivity (Wildman–Crippen MR) is 127 cm³/mol. The van der Waals surface area contributed by atoms with Crippen molar-refractivity contribution in [3.8, 4) is 5.75 Å². The molecule has 0 saturated carbocycles. The average molecular weight is 525 g/mol. The van der Waals surface area contributed by atoms with E-state index in [-0.39, 0.29) is 39.7 Å². The third-order valence-corrected chi connectivity index (χ3v) is 5.30. The third kappa shape index (κ3) is 5.41. The summed E-state index contributed by atoms with van der Waals surface area (Å²) in [5, 5.41) is 5.93. The van der Waals surface area contributed by atoms with Crippen molar-refractivity contribution < 1.29 is 22.7 Å². The molecule has 35 heavy (non-hydrogen) atoms. The fourth-order valence-electron chi connectivity index (χ4n) is 3.26. The number of pyridine rings is 2. The van der Waals surface area contributed by atoms with E-state index in [1.165, 1.54) is 31.5 Å². The maximum Gasteiger partial charge on any atom is 0.433 e. The quantitative estimate of drug-likeness (QED) is 0.270. The first kappa shape index (κ1) is 24.6. The van der Waals surface area contributed by atoms with Crippen molar-refractivity contribution in [1.29, 1.82) is 0 Å². The van der Waals surface area contributed by atoms with Gasteiger partial charge in [0.1, 0.15) is 17.3 Å². The minimum Gasteiger partial charge on any atom is -0.493 e. The monoisotopic (exact) mass is 524 g/mol. The van der Waals surface area contributed by atoms with E-state index in [1.807, 2.05) is 0 Å². The standard InChI is InChI=1S/C22H17Cl2F3N6O2/c1-3-35-16-7-15-14(29-21(30-15)33-19-12(23)8-28-9-13(19)24)6-11(16)20(34)32-18-5-10(2)4-17(31-18)22(25,26)27/h4-9H,3H2,1-2H3,(H,31,32,34)(H2,28,29,30,33). The molecule has 1 aromatic carbocycles. The average Bonchev–Trinajstić information content (AvgIpc) is 3.16. The fraction of sp³-hybridized carbons (Fsp3) is 0.182. The molecule has 0 radical (unpaired) electrons. The summed E-state index contributed by atoms with van der Waals surface area (Å²) in [5.41, 5.74) is 0.548. The number of ether oxygens (including phenoxy) is 1. The molecule has 0 aliphatic heterocycles. The van der Waals surface area contributed by atoms with Crippen LogP contribution in [0.1, 0.15) is 28.5 Å². The van der Waals surface area contributed by atoms with Gasteiger partial charge in [0.25, 0.3) is 5.91 Å². The van der Waals surface area contributed by atoms with Gasteiger partial charge >= 0.3 is 6.18 Å². The van der Waals surface area contributed by atoms with Gasteiger partial charge in [0, 0.05) is 18.5 Å². The van der Waals surface area contributed by atoms with Gasteiger partial charge in [-0.25, -0.2) is 9.97 Å². The van der Waals surface area contributed by atoms with Crippen LogP contribution in [-0.2, 0) is 6.18 Å². The van der Waals surface area contributed by atoms with Crippen molar-refractivity contribution >= 4 is 57.6 Å². The van der Waals surface area contributed by atoms with Crippen molar-refractivity contribution in [3.63, 3.8) is 0 Å². The fourth-order valence-corrected chi connectivity index (χ4v) is 3.72. The number of benzene rings is 1. The largest absolute Gasteiger partial charge is 0.493 e. The summed E-state index contributed by atoms with van der Waals surface area (Å²) < 4.78 is 45.0. The molecular weight excluding hydrogens is 508 g/mol. The normalized spacial score (nSPS) is 11.5. The topological polar surface area (TPSA) is 105 Å². The number of fused-ring (bicyclic) bond motifs is 1. The van der Waals surface area contributed by atoms with Gasteiger partial charge in [0.15, 0.2) is 0 Å². The van der Waals surface area contributed by atoms with E-state index >= 15 is 0 Å². The van der Waals surface area contributed by atoms with Gasteiger partial charge in [-0.3, -0.25) is 9.78 Å². The van der Waals surface area contributed by atoms with Crippen molar-refractivity contribution in [3.05, 3.63) is 63.5 Å². The smallest absolute Gasteiger partial charge is 0.433 e. The van der Waals surface area contributed by atoms with Crippen LogP contribution in [0.15, 0.2) is 36.7 Å². The molecule has 0 bridgehead atoms. The minimum atomic E-state index is -4.65. The highest BCUT2D eigenvalue weighted by atomic mass is 35.5. The Hall–Kier alpha value is -3.57. The zero-order valence-corrected chi connectivity index (χ0v) is 19.7. The lowest BCUT2D eigenvalue weighted by Crippen LogP contribution is -2.17. The molecule has 0 aliphatic carbocycles. The Morgan fingerprint density at radius 3 is 2.49 bits per heavy atom. The number of imidazole rings is 1. The van der Waals surface area contributed by atoms with Crippen LogP contribution in [0.25, 0.3) is 11.0 Å². The number of aryl methyl sites for hydroxylation is 1. The number of anilines is 3. The Kier molecular flexibility index (Phi) is 6.73. The number of nitrogens with zero attached hydrogens (tertiary/aromatic N) is 3. The van der Waals surface area contributed by atoms with Gasteiger partial charge in [-0.2, -0.15) is 13.2 Å². The molecule has 1 amide bonds. The van der Waals surface area contributed by atoms with Gasteiger partial charge in [-0.05, 0) is 37.6 Å². The summed E-state index contributed by atoms with van der Waals surface area (Å²) in [6.45, 7) is 3.45. The van der Waals surface area contributed by atoms with Crippen molar-refractivity contribution in [2.24, 2.45) is 0 Å². The number of hydrogen-bond donors (Lipinski definition) is 3. The Balaban J connectivity index is 1.68. The zero-order chi connectivity index (χ0) is 25.3. The van der Waals surface area contributed by atoms with Crippen LogP contribution in [-0.4, -0.2) is 32.4 Å². The van der Waals surface area contributed by atoms with Gasteiger partial charge in [-0.1, -0.05) is 23.2 Å². The molecule has 4 rings (SSSR count). The zero-order valence-electron chi connectivity index (χ0n) is 18.2. The lowest BCUT2D eigenvalue weighted by Gasteiger charge is -2.12. The second-order valence-electron chi connectivity index (χ2n) is 7.35. The van der Waals surface area contributed by atoms with E-state index in [0.29, 0.717) is 22.3 Å². The third-order valence-electron chi connectivity index (χ3n) is 4.73. The van der Waals surface area contributed by atoms with E-state index in [4.69, 9.17) is 27.9 Å². The molecule has 0 fully saturated rings. The lowest BCUT2D eigenvalue weighted by atomic mass is 10.1. The number of rotatable bonds is 6. The molecule has 0 saturated heterocycles. The number of carbonyl (C=O) groups excluding carboxylic acids is 1. The molecule has 182 valence electrons. The molecule has 0 aliphatic rings. The summed E-state index contributed by atoms with van der Waals surface area (Å²) in [5.74, 6) is -0.461. The van der Waals surface area contributed by atoms with Crippen LogP contribution in [0.4, 0.5) is 30.6 Å². The lowest BCUT2D eigenvalue weighted by molar-refractivity contribution is -0.141. The van der Waals surface area contributed by atoms with E-state index in [2.05, 4.69) is 30.6 Å². The Labute approximate surface area is 206 Å². The Bertz CT molecular complexity index is 1400. The van der Waals surface area contributed by atoms with Crippen molar-refractivity contribution in [2.45, 2.75) is 20.0 Å². The van der Waals surface area contributed by atoms with Crippen molar-refractivity contribution in [2.75, 3.05) is 17.2 Å². The molecule has 4 aromatic rings. The number of aromatic amines is 1. The van der Waals surface area contributed by atoms with E-state index < -0.39 is 17.8 Å². The first-order valence-corrected chi connectivity index (χ1v) is 10.9. The number of amides is 1. The van der Waals surface area contributed by atoms with Gasteiger partial charge < -0.3 is 20.4 Å². The van der Waals surface area contributed by atoms with Gasteiger partial charge in [-0.15, -0.1) is 0 Å². The first-order chi connectivity index (χ1) is 16.5. The summed E-state index contributed by atoms with van der Waals surface area (Å²) in [6, 6.07) is 5.25. The van der Waals surface area contributed by atoms with Crippen LogP contribution < -0.4 is 15.4 Å². The molecule has 13 heteroatoms. The second-order valence-corrected chi connectivity index (χ2v) is 8.17. The number of H-pyrrole nitrogens is 1. The van der Waals surface area contributed by atoms with Crippen molar-refractivity contribution in [1.82, 2.24) is 19.9 Å². The van der Waals surface area contributed by atoms with Gasteiger partial charge in [0.05, 0.1) is 38.9 Å². The molecule has 0 unspecified atom stereocenters. The van der Waals surface area contributed by atoms with E-state index in [0.717, 1.165) is 6.07 Å². The SMILES string of the molecule is CCOc1cc2[nH]c(Nc3c(Cl)cncc3Cl)nc2cc1C(=O)Nc1cc(C)cc(C(F)(F)F)n1. The predicted octanol–water partition coefficient (Wildman–Crippen LogP) is 6.38. The number of alkyl halides is 3. The highest BCUT2D eigenvalue weighted by Gasteiger charge is 2.33. The molecule has 0 atom stereocenters. The summed E-state index contributed by atoms with van der Waals surface area (Å²) >= 11 is 12.3. The summed E-state index contributed by atoms with van der Waals surface area (Å²) in [6.07, 6.45) is -1.82. The summed E-state index contributed by atoms with van der Waals surface area (Å²) in [4.78, 5) is 27.8. The number of aromatic nitrogens is 4. The second kappa shape index (κ2) is 9.59. The Morgan fingerprint density at radius 1 is 1.11 bits per heavy atom. The maximum atomic E-state index is 13.1. The van der Waals surface area contributed by atoms with Crippen LogP contribution in [0.5, 0.6) is 5.75 Å². The Morgan fingerprint density at radius 2 is 1.83 bits per heavy atom.